The van der Waals surface area contributed by atoms with Gasteiger partial charge in [-0.2, -0.15) is 0 Å². The number of nitrogens with two attached hydrogens (primary N) is 1. The molecule has 0 saturated heterocycles. The third kappa shape index (κ3) is 2.41. The molecule has 3 heteroatoms. The Morgan fingerprint density at radius 1 is 1.17 bits per heavy atom. The maximum Gasteiger partial charge on any atom is 0.0453 e. The molecule has 2 aliphatic carbocycles. The van der Waals surface area contributed by atoms with Gasteiger partial charge in [0.2, 0.25) is 0 Å². The van der Waals surface area contributed by atoms with Crippen molar-refractivity contribution in [3.05, 3.63) is 33.8 Å². The molecule has 1 nitrogen and oxygen atoms in total. The van der Waals surface area contributed by atoms with Gasteiger partial charge in [-0.1, -0.05) is 42.1 Å². The SMILES string of the molecule is NC(Cc1ccc(Cl)cc1Cl)C1C2CCCCC21. The number of benzene rings is 1. The quantitative estimate of drug-likeness (QED) is 0.880. The van der Waals surface area contributed by atoms with E-state index in [2.05, 4.69) is 0 Å². The van der Waals surface area contributed by atoms with E-state index in [1.54, 1.807) is 0 Å². The number of hydrogen-bond donors (Lipinski definition) is 1. The predicted molar refractivity (Wildman–Crippen MR) is 77.1 cm³/mol. The van der Waals surface area contributed by atoms with Gasteiger partial charge in [0.15, 0.2) is 0 Å². The highest BCUT2D eigenvalue weighted by atomic mass is 35.5. The lowest BCUT2D eigenvalue weighted by molar-refractivity contribution is 0.480. The fraction of sp³-hybridized carbons (Fsp3) is 0.600. The first-order chi connectivity index (χ1) is 8.66. The first-order valence-corrected chi connectivity index (χ1v) is 7.62. The van der Waals surface area contributed by atoms with Crippen molar-refractivity contribution < 1.29 is 0 Å². The van der Waals surface area contributed by atoms with E-state index in [1.165, 1.54) is 25.7 Å². The van der Waals surface area contributed by atoms with Gasteiger partial charge in [0.05, 0.1) is 0 Å². The van der Waals surface area contributed by atoms with Crippen LogP contribution < -0.4 is 5.73 Å². The minimum Gasteiger partial charge on any atom is -0.327 e. The van der Waals surface area contributed by atoms with E-state index < -0.39 is 0 Å². The van der Waals surface area contributed by atoms with Crippen molar-refractivity contribution in [1.82, 2.24) is 0 Å². The average Bonchev–Trinajstić information content (AvgIpc) is 3.07. The van der Waals surface area contributed by atoms with E-state index in [-0.39, 0.29) is 6.04 Å². The van der Waals surface area contributed by atoms with Crippen molar-refractivity contribution in [1.29, 1.82) is 0 Å². The Balaban J connectivity index is 1.66. The molecule has 0 aliphatic heterocycles. The highest BCUT2D eigenvalue weighted by Gasteiger charge is 2.52. The minimum atomic E-state index is 0.261. The van der Waals surface area contributed by atoms with Crippen molar-refractivity contribution in [2.24, 2.45) is 23.5 Å². The molecule has 1 aromatic rings. The second-order valence-corrected chi connectivity index (χ2v) is 6.64. The number of hydrogen-bond acceptors (Lipinski definition) is 1. The van der Waals surface area contributed by atoms with E-state index in [0.717, 1.165) is 34.8 Å². The molecule has 0 radical (unpaired) electrons. The Morgan fingerprint density at radius 3 is 2.44 bits per heavy atom. The zero-order valence-corrected chi connectivity index (χ0v) is 11.9. The molecule has 0 bridgehead atoms. The third-order valence-electron chi connectivity index (χ3n) is 4.69. The summed E-state index contributed by atoms with van der Waals surface area (Å²) in [5.74, 6) is 2.54. The first kappa shape index (κ1) is 12.8. The molecule has 3 unspecified atom stereocenters. The molecule has 2 N–H and O–H groups in total. The maximum atomic E-state index is 6.39. The monoisotopic (exact) mass is 283 g/mol. The molecule has 2 fully saturated rings. The molecule has 3 rings (SSSR count). The highest BCUT2D eigenvalue weighted by molar-refractivity contribution is 6.35. The fourth-order valence-electron chi connectivity index (χ4n) is 3.76. The van der Waals surface area contributed by atoms with Crippen LogP contribution in [0, 0.1) is 17.8 Å². The average molecular weight is 284 g/mol. The molecule has 2 saturated carbocycles. The van der Waals surface area contributed by atoms with E-state index in [9.17, 15) is 0 Å². The second kappa shape index (κ2) is 5.03. The van der Waals surface area contributed by atoms with Gasteiger partial charge in [0.25, 0.3) is 0 Å². The Kier molecular flexibility index (Phi) is 3.57. The smallest absolute Gasteiger partial charge is 0.0453 e. The van der Waals surface area contributed by atoms with E-state index >= 15 is 0 Å². The number of fused-ring (bicyclic) bond motifs is 1. The summed E-state index contributed by atoms with van der Waals surface area (Å²) < 4.78 is 0. The zero-order valence-electron chi connectivity index (χ0n) is 10.4. The summed E-state index contributed by atoms with van der Waals surface area (Å²) in [6.45, 7) is 0. The van der Waals surface area contributed by atoms with Crippen molar-refractivity contribution in [2.45, 2.75) is 38.1 Å². The second-order valence-electron chi connectivity index (χ2n) is 5.79. The molecule has 3 atom stereocenters. The van der Waals surface area contributed by atoms with Crippen LogP contribution in [0.2, 0.25) is 10.0 Å². The normalized spacial score (nSPS) is 31.8. The zero-order chi connectivity index (χ0) is 12.7. The Labute approximate surface area is 119 Å². The molecule has 2 aliphatic rings. The van der Waals surface area contributed by atoms with Gasteiger partial charge in [0.1, 0.15) is 0 Å². The van der Waals surface area contributed by atoms with E-state index in [1.807, 2.05) is 18.2 Å². The molecule has 98 valence electrons. The Hall–Kier alpha value is -0.240. The minimum absolute atomic E-state index is 0.261. The summed E-state index contributed by atoms with van der Waals surface area (Å²) >= 11 is 12.1. The van der Waals surface area contributed by atoms with Gasteiger partial charge < -0.3 is 5.73 Å². The molecule has 0 aromatic heterocycles. The standard InChI is InChI=1S/C15H19Cl2N/c16-10-6-5-9(13(17)8-10)7-14(18)15-11-3-1-2-4-12(11)15/h5-6,8,11-12,14-15H,1-4,7,18H2. The van der Waals surface area contributed by atoms with Gasteiger partial charge in [-0.3, -0.25) is 0 Å². The van der Waals surface area contributed by atoms with Crippen LogP contribution in [0.3, 0.4) is 0 Å². The van der Waals surface area contributed by atoms with Crippen LogP contribution in [0.1, 0.15) is 31.2 Å². The largest absolute Gasteiger partial charge is 0.327 e. The molecular formula is C15H19Cl2N. The van der Waals surface area contributed by atoms with Crippen LogP contribution in [0.5, 0.6) is 0 Å². The van der Waals surface area contributed by atoms with Crippen LogP contribution in [0.15, 0.2) is 18.2 Å². The summed E-state index contributed by atoms with van der Waals surface area (Å²) in [6.07, 6.45) is 6.45. The van der Waals surface area contributed by atoms with Gasteiger partial charge >= 0.3 is 0 Å². The summed E-state index contributed by atoms with van der Waals surface area (Å²) in [7, 11) is 0. The maximum absolute atomic E-state index is 6.39. The lowest BCUT2D eigenvalue weighted by Crippen LogP contribution is -2.26. The molecule has 0 spiro atoms. The fourth-order valence-corrected chi connectivity index (χ4v) is 4.25. The van der Waals surface area contributed by atoms with Gasteiger partial charge in [0, 0.05) is 16.1 Å². The van der Waals surface area contributed by atoms with Crippen molar-refractivity contribution in [3.63, 3.8) is 0 Å². The van der Waals surface area contributed by atoms with Crippen molar-refractivity contribution in [2.75, 3.05) is 0 Å². The summed E-state index contributed by atoms with van der Waals surface area (Å²) in [5.41, 5.74) is 7.52. The van der Waals surface area contributed by atoms with Gasteiger partial charge in [-0.05, 0) is 54.7 Å². The van der Waals surface area contributed by atoms with E-state index in [4.69, 9.17) is 28.9 Å². The predicted octanol–water partition coefficient (Wildman–Crippen LogP) is 4.30. The van der Waals surface area contributed by atoms with Gasteiger partial charge in [-0.15, -0.1) is 0 Å². The molecule has 18 heavy (non-hydrogen) atoms. The Bertz CT molecular complexity index is 434. The molecule has 1 aromatic carbocycles. The van der Waals surface area contributed by atoms with Crippen LogP contribution in [0.4, 0.5) is 0 Å². The lowest BCUT2D eigenvalue weighted by Gasteiger charge is -2.13. The summed E-state index contributed by atoms with van der Waals surface area (Å²) in [4.78, 5) is 0. The topological polar surface area (TPSA) is 26.0 Å². The van der Waals surface area contributed by atoms with Crippen molar-refractivity contribution >= 4 is 23.2 Å². The van der Waals surface area contributed by atoms with Crippen LogP contribution in [0.25, 0.3) is 0 Å². The summed E-state index contributed by atoms with van der Waals surface area (Å²) in [5, 5.41) is 1.44. The van der Waals surface area contributed by atoms with Crippen LogP contribution in [-0.2, 0) is 6.42 Å². The highest BCUT2D eigenvalue weighted by Crippen LogP contribution is 2.56. The molecule has 0 heterocycles. The van der Waals surface area contributed by atoms with Crippen LogP contribution >= 0.6 is 23.2 Å². The summed E-state index contributed by atoms with van der Waals surface area (Å²) in [6, 6.07) is 5.98. The lowest BCUT2D eigenvalue weighted by atomic mass is 10.0. The van der Waals surface area contributed by atoms with Gasteiger partial charge in [-0.25, -0.2) is 0 Å². The van der Waals surface area contributed by atoms with Crippen molar-refractivity contribution in [3.8, 4) is 0 Å². The third-order valence-corrected chi connectivity index (χ3v) is 5.27. The number of halogens is 2. The first-order valence-electron chi connectivity index (χ1n) is 6.86. The molecule has 0 amide bonds. The number of rotatable bonds is 3. The molecular weight excluding hydrogens is 265 g/mol. The van der Waals surface area contributed by atoms with Crippen LogP contribution in [-0.4, -0.2) is 6.04 Å². The Morgan fingerprint density at radius 2 is 1.83 bits per heavy atom. The van der Waals surface area contributed by atoms with E-state index in [0.29, 0.717) is 5.02 Å².